The van der Waals surface area contributed by atoms with Crippen LogP contribution in [-0.2, 0) is 4.74 Å². The SMILES string of the molecule is Cc1ccc(OC2CCCOC2)c(C(=O)O)c1. The largest absolute Gasteiger partial charge is 0.487 e. The van der Waals surface area contributed by atoms with Crippen LogP contribution in [0.15, 0.2) is 18.2 Å². The summed E-state index contributed by atoms with van der Waals surface area (Å²) in [6.45, 7) is 3.16. The van der Waals surface area contributed by atoms with E-state index in [1.54, 1.807) is 12.1 Å². The second-order valence-electron chi connectivity index (χ2n) is 4.26. The Hall–Kier alpha value is -1.55. The van der Waals surface area contributed by atoms with Crippen molar-refractivity contribution in [3.8, 4) is 5.75 Å². The quantitative estimate of drug-likeness (QED) is 0.874. The Kier molecular flexibility index (Phi) is 3.64. The zero-order chi connectivity index (χ0) is 12.3. The van der Waals surface area contributed by atoms with Gasteiger partial charge in [-0.3, -0.25) is 0 Å². The molecule has 1 saturated heterocycles. The van der Waals surface area contributed by atoms with Gasteiger partial charge in [0, 0.05) is 6.61 Å². The van der Waals surface area contributed by atoms with Crippen LogP contribution in [-0.4, -0.2) is 30.4 Å². The van der Waals surface area contributed by atoms with Gasteiger partial charge in [-0.25, -0.2) is 4.79 Å². The molecule has 1 unspecified atom stereocenters. The van der Waals surface area contributed by atoms with E-state index >= 15 is 0 Å². The first-order chi connectivity index (χ1) is 8.16. The van der Waals surface area contributed by atoms with Crippen molar-refractivity contribution in [3.05, 3.63) is 29.3 Å². The molecule has 1 heterocycles. The van der Waals surface area contributed by atoms with Crippen LogP contribution in [0.5, 0.6) is 5.75 Å². The highest BCUT2D eigenvalue weighted by Gasteiger charge is 2.19. The standard InChI is InChI=1S/C13H16O4/c1-9-4-5-12(11(7-9)13(14)15)17-10-3-2-6-16-8-10/h4-5,7,10H,2-3,6,8H2,1H3,(H,14,15). The van der Waals surface area contributed by atoms with Gasteiger partial charge in [0.05, 0.1) is 6.61 Å². The highest BCUT2D eigenvalue weighted by Crippen LogP contribution is 2.23. The van der Waals surface area contributed by atoms with Gasteiger partial charge in [-0.2, -0.15) is 0 Å². The van der Waals surface area contributed by atoms with Gasteiger partial charge in [0.2, 0.25) is 0 Å². The van der Waals surface area contributed by atoms with Crippen LogP contribution in [0, 0.1) is 6.92 Å². The second kappa shape index (κ2) is 5.19. The molecule has 1 aliphatic heterocycles. The Bertz CT molecular complexity index is 408. The van der Waals surface area contributed by atoms with E-state index in [9.17, 15) is 4.79 Å². The molecular formula is C13H16O4. The van der Waals surface area contributed by atoms with Crippen LogP contribution in [0.1, 0.15) is 28.8 Å². The van der Waals surface area contributed by atoms with Gasteiger partial charge in [-0.15, -0.1) is 0 Å². The number of rotatable bonds is 3. The van der Waals surface area contributed by atoms with Crippen molar-refractivity contribution in [3.63, 3.8) is 0 Å². The molecule has 1 aliphatic rings. The molecule has 1 aromatic rings. The van der Waals surface area contributed by atoms with Gasteiger partial charge in [0.15, 0.2) is 0 Å². The third kappa shape index (κ3) is 2.97. The van der Waals surface area contributed by atoms with E-state index in [1.165, 1.54) is 0 Å². The summed E-state index contributed by atoms with van der Waals surface area (Å²) in [6, 6.07) is 5.19. The molecule has 4 heteroatoms. The molecule has 1 aromatic carbocycles. The van der Waals surface area contributed by atoms with Crippen LogP contribution in [0.25, 0.3) is 0 Å². The summed E-state index contributed by atoms with van der Waals surface area (Å²) < 4.78 is 11.0. The summed E-state index contributed by atoms with van der Waals surface area (Å²) in [7, 11) is 0. The van der Waals surface area contributed by atoms with E-state index in [4.69, 9.17) is 14.6 Å². The molecule has 0 amide bonds. The van der Waals surface area contributed by atoms with E-state index in [1.807, 2.05) is 13.0 Å². The topological polar surface area (TPSA) is 55.8 Å². The van der Waals surface area contributed by atoms with Crippen LogP contribution < -0.4 is 4.74 Å². The molecule has 1 N–H and O–H groups in total. The zero-order valence-electron chi connectivity index (χ0n) is 9.81. The average Bonchev–Trinajstić information content (AvgIpc) is 2.32. The third-order valence-electron chi connectivity index (χ3n) is 2.78. The zero-order valence-corrected chi connectivity index (χ0v) is 9.81. The summed E-state index contributed by atoms with van der Waals surface area (Å²) in [5, 5.41) is 9.11. The Morgan fingerprint density at radius 3 is 3.00 bits per heavy atom. The summed E-state index contributed by atoms with van der Waals surface area (Å²) in [4.78, 5) is 11.1. The lowest BCUT2D eigenvalue weighted by atomic mass is 10.1. The smallest absolute Gasteiger partial charge is 0.339 e. The molecule has 1 atom stereocenters. The number of benzene rings is 1. The lowest BCUT2D eigenvalue weighted by Crippen LogP contribution is -2.28. The lowest BCUT2D eigenvalue weighted by molar-refractivity contribution is 0.00678. The average molecular weight is 236 g/mol. The summed E-state index contributed by atoms with van der Waals surface area (Å²) in [6.07, 6.45) is 1.83. The fraction of sp³-hybridized carbons (Fsp3) is 0.462. The minimum absolute atomic E-state index is 0.0374. The third-order valence-corrected chi connectivity index (χ3v) is 2.78. The van der Waals surface area contributed by atoms with Crippen molar-refractivity contribution in [2.24, 2.45) is 0 Å². The minimum Gasteiger partial charge on any atom is -0.487 e. The van der Waals surface area contributed by atoms with Crippen molar-refractivity contribution in [1.82, 2.24) is 0 Å². The van der Waals surface area contributed by atoms with Crippen molar-refractivity contribution in [1.29, 1.82) is 0 Å². The number of hydrogen-bond donors (Lipinski definition) is 1. The molecule has 2 rings (SSSR count). The highest BCUT2D eigenvalue weighted by atomic mass is 16.5. The van der Waals surface area contributed by atoms with E-state index in [0.29, 0.717) is 12.4 Å². The second-order valence-corrected chi connectivity index (χ2v) is 4.26. The maximum Gasteiger partial charge on any atom is 0.339 e. The Morgan fingerprint density at radius 2 is 2.35 bits per heavy atom. The van der Waals surface area contributed by atoms with Crippen molar-refractivity contribution in [2.75, 3.05) is 13.2 Å². The number of aromatic carboxylic acids is 1. The van der Waals surface area contributed by atoms with E-state index in [0.717, 1.165) is 25.0 Å². The fourth-order valence-corrected chi connectivity index (χ4v) is 1.90. The van der Waals surface area contributed by atoms with Crippen molar-refractivity contribution < 1.29 is 19.4 Å². The predicted octanol–water partition coefficient (Wildman–Crippen LogP) is 2.25. The van der Waals surface area contributed by atoms with Gasteiger partial charge < -0.3 is 14.6 Å². The Balaban J connectivity index is 2.16. The molecule has 17 heavy (non-hydrogen) atoms. The van der Waals surface area contributed by atoms with E-state index in [2.05, 4.69) is 0 Å². The van der Waals surface area contributed by atoms with Gasteiger partial charge in [0.25, 0.3) is 0 Å². The first-order valence-electron chi connectivity index (χ1n) is 5.75. The molecular weight excluding hydrogens is 220 g/mol. The monoisotopic (exact) mass is 236 g/mol. The van der Waals surface area contributed by atoms with Gasteiger partial charge in [-0.05, 0) is 31.9 Å². The molecule has 0 bridgehead atoms. The number of carbonyl (C=O) groups is 1. The maximum absolute atomic E-state index is 11.1. The van der Waals surface area contributed by atoms with E-state index < -0.39 is 5.97 Å². The molecule has 92 valence electrons. The van der Waals surface area contributed by atoms with Gasteiger partial charge in [-0.1, -0.05) is 11.6 Å². The van der Waals surface area contributed by atoms with Gasteiger partial charge in [0.1, 0.15) is 17.4 Å². The molecule has 4 nitrogen and oxygen atoms in total. The molecule has 0 aliphatic carbocycles. The summed E-state index contributed by atoms with van der Waals surface area (Å²) in [5.74, 6) is -0.529. The fourth-order valence-electron chi connectivity index (χ4n) is 1.90. The summed E-state index contributed by atoms with van der Waals surface area (Å²) in [5.41, 5.74) is 1.13. The number of carboxylic acids is 1. The van der Waals surface area contributed by atoms with Crippen LogP contribution in [0.4, 0.5) is 0 Å². The maximum atomic E-state index is 11.1. The molecule has 0 aromatic heterocycles. The van der Waals surface area contributed by atoms with Crippen LogP contribution in [0.3, 0.4) is 0 Å². The lowest BCUT2D eigenvalue weighted by Gasteiger charge is -2.24. The Labute approximate surface area is 100 Å². The summed E-state index contributed by atoms with van der Waals surface area (Å²) >= 11 is 0. The van der Waals surface area contributed by atoms with Crippen LogP contribution in [0.2, 0.25) is 0 Å². The van der Waals surface area contributed by atoms with Crippen LogP contribution >= 0.6 is 0 Å². The number of aryl methyl sites for hydroxylation is 1. The molecule has 1 fully saturated rings. The van der Waals surface area contributed by atoms with Crippen molar-refractivity contribution in [2.45, 2.75) is 25.9 Å². The van der Waals surface area contributed by atoms with E-state index in [-0.39, 0.29) is 11.7 Å². The van der Waals surface area contributed by atoms with Crippen molar-refractivity contribution >= 4 is 5.97 Å². The molecule has 0 spiro atoms. The first kappa shape index (κ1) is 11.9. The number of hydrogen-bond acceptors (Lipinski definition) is 3. The molecule has 0 radical (unpaired) electrons. The first-order valence-corrected chi connectivity index (χ1v) is 5.75. The minimum atomic E-state index is -0.958. The molecule has 0 saturated carbocycles. The van der Waals surface area contributed by atoms with Gasteiger partial charge >= 0.3 is 5.97 Å². The Morgan fingerprint density at radius 1 is 1.53 bits per heavy atom. The number of ether oxygens (including phenoxy) is 2. The number of carboxylic acid groups (broad SMARTS) is 1. The highest BCUT2D eigenvalue weighted by molar-refractivity contribution is 5.91. The predicted molar refractivity (Wildman–Crippen MR) is 62.6 cm³/mol. The normalized spacial score (nSPS) is 19.9.